The Bertz CT molecular complexity index is 586. The van der Waals surface area contributed by atoms with Crippen molar-refractivity contribution in [3.63, 3.8) is 0 Å². The maximum absolute atomic E-state index is 11.9. The van der Waals surface area contributed by atoms with Crippen LogP contribution < -0.4 is 5.32 Å². The monoisotopic (exact) mass is 345 g/mol. The normalized spacial score (nSPS) is 10.2. The first-order valence-corrected chi connectivity index (χ1v) is 6.35. The predicted octanol–water partition coefficient (Wildman–Crippen LogP) is 3.80. The topological polar surface area (TPSA) is 54.9 Å². The summed E-state index contributed by atoms with van der Waals surface area (Å²) in [4.78, 5) is 19.5. The molecule has 0 aliphatic heterocycles. The van der Waals surface area contributed by atoms with E-state index in [1.807, 2.05) is 0 Å². The Balaban J connectivity index is 2.22. The maximum Gasteiger partial charge on any atom is 0.256 e. The van der Waals surface area contributed by atoms with Gasteiger partial charge in [0.1, 0.15) is 5.82 Å². The van der Waals surface area contributed by atoms with E-state index in [1.54, 1.807) is 24.3 Å². The van der Waals surface area contributed by atoms with Crippen LogP contribution in [-0.4, -0.2) is 15.9 Å². The summed E-state index contributed by atoms with van der Waals surface area (Å²) in [6.45, 7) is 0. The second-order valence-electron chi connectivity index (χ2n) is 3.32. The van der Waals surface area contributed by atoms with Gasteiger partial charge in [0.2, 0.25) is 5.28 Å². The van der Waals surface area contributed by atoms with Crippen LogP contribution in [0, 0.1) is 0 Å². The third-order valence-corrected chi connectivity index (χ3v) is 2.85. The Labute approximate surface area is 121 Å². The van der Waals surface area contributed by atoms with Crippen molar-refractivity contribution < 1.29 is 4.79 Å². The lowest BCUT2D eigenvalue weighted by Gasteiger charge is -2.05. The first-order chi connectivity index (χ1) is 8.54. The van der Waals surface area contributed by atoms with Gasteiger partial charge in [-0.3, -0.25) is 4.79 Å². The molecule has 4 nitrogen and oxygen atoms in total. The average molecular weight is 347 g/mol. The number of benzene rings is 1. The Morgan fingerprint density at radius 2 is 2.06 bits per heavy atom. The average Bonchev–Trinajstić information content (AvgIpc) is 2.27. The molecular formula is C11H6BrCl2N3O. The third kappa shape index (κ3) is 3.41. The maximum atomic E-state index is 11.9. The first kappa shape index (κ1) is 13.3. The van der Waals surface area contributed by atoms with Crippen LogP contribution in [0.2, 0.25) is 10.3 Å². The van der Waals surface area contributed by atoms with Gasteiger partial charge in [-0.2, -0.15) is 0 Å². The SMILES string of the molecule is O=C(Nc1ccnc(Cl)n1)c1cc(Cl)cc(Br)c1. The third-order valence-electron chi connectivity index (χ3n) is 1.99. The summed E-state index contributed by atoms with van der Waals surface area (Å²) in [7, 11) is 0. The van der Waals surface area contributed by atoms with Crippen LogP contribution in [0.4, 0.5) is 5.82 Å². The van der Waals surface area contributed by atoms with Gasteiger partial charge in [-0.15, -0.1) is 0 Å². The minimum atomic E-state index is -0.326. The van der Waals surface area contributed by atoms with Gasteiger partial charge in [-0.25, -0.2) is 9.97 Å². The molecule has 0 fully saturated rings. The van der Waals surface area contributed by atoms with Gasteiger partial charge >= 0.3 is 0 Å². The summed E-state index contributed by atoms with van der Waals surface area (Å²) >= 11 is 14.8. The van der Waals surface area contributed by atoms with E-state index in [2.05, 4.69) is 31.2 Å². The van der Waals surface area contributed by atoms with Gasteiger partial charge in [0.25, 0.3) is 5.91 Å². The van der Waals surface area contributed by atoms with Gasteiger partial charge in [0.05, 0.1) is 0 Å². The highest BCUT2D eigenvalue weighted by Crippen LogP contribution is 2.20. The van der Waals surface area contributed by atoms with Crippen LogP contribution >= 0.6 is 39.1 Å². The molecule has 92 valence electrons. The van der Waals surface area contributed by atoms with Crippen LogP contribution in [0.15, 0.2) is 34.9 Å². The number of hydrogen-bond donors (Lipinski definition) is 1. The molecule has 2 rings (SSSR count). The van der Waals surface area contributed by atoms with Crippen LogP contribution in [0.1, 0.15) is 10.4 Å². The lowest BCUT2D eigenvalue weighted by molar-refractivity contribution is 0.102. The quantitative estimate of drug-likeness (QED) is 0.841. The number of amides is 1. The molecule has 0 bridgehead atoms. The lowest BCUT2D eigenvalue weighted by Crippen LogP contribution is -2.13. The number of hydrogen-bond acceptors (Lipinski definition) is 3. The molecule has 18 heavy (non-hydrogen) atoms. The molecule has 0 spiro atoms. The molecule has 1 aromatic carbocycles. The summed E-state index contributed by atoms with van der Waals surface area (Å²) in [6, 6.07) is 6.46. The van der Waals surface area contributed by atoms with Crippen LogP contribution in [-0.2, 0) is 0 Å². The van der Waals surface area contributed by atoms with Gasteiger partial charge in [0.15, 0.2) is 0 Å². The van der Waals surface area contributed by atoms with E-state index in [9.17, 15) is 4.79 Å². The summed E-state index contributed by atoms with van der Waals surface area (Å²) < 4.78 is 0.723. The van der Waals surface area contributed by atoms with Crippen LogP contribution in [0.5, 0.6) is 0 Å². The zero-order valence-electron chi connectivity index (χ0n) is 8.82. The lowest BCUT2D eigenvalue weighted by atomic mass is 10.2. The van der Waals surface area contributed by atoms with E-state index in [1.165, 1.54) is 6.20 Å². The molecule has 0 atom stereocenters. The molecule has 0 saturated heterocycles. The van der Waals surface area contributed by atoms with Gasteiger partial charge < -0.3 is 5.32 Å². The standard InChI is InChI=1S/C11H6BrCl2N3O/c12-7-3-6(4-8(13)5-7)10(18)16-9-1-2-15-11(14)17-9/h1-5H,(H,15,16,17,18). The number of aromatic nitrogens is 2. The Morgan fingerprint density at radius 3 is 2.72 bits per heavy atom. The van der Waals surface area contributed by atoms with Crippen molar-refractivity contribution in [2.45, 2.75) is 0 Å². The second-order valence-corrected chi connectivity index (χ2v) is 5.01. The van der Waals surface area contributed by atoms with Gasteiger partial charge in [0, 0.05) is 21.3 Å². The van der Waals surface area contributed by atoms with E-state index < -0.39 is 0 Å². The molecule has 0 aliphatic carbocycles. The summed E-state index contributed by atoms with van der Waals surface area (Å²) in [5.74, 6) is 0.00376. The van der Waals surface area contributed by atoms with Crippen molar-refractivity contribution in [1.82, 2.24) is 9.97 Å². The van der Waals surface area contributed by atoms with Crippen molar-refractivity contribution in [2.75, 3.05) is 5.32 Å². The Morgan fingerprint density at radius 1 is 1.28 bits per heavy atom. The first-order valence-electron chi connectivity index (χ1n) is 4.80. The molecule has 1 heterocycles. The molecule has 1 N–H and O–H groups in total. The zero-order chi connectivity index (χ0) is 13.1. The minimum absolute atomic E-state index is 0.0695. The molecular weight excluding hydrogens is 341 g/mol. The van der Waals surface area contributed by atoms with Gasteiger partial charge in [-0.1, -0.05) is 27.5 Å². The molecule has 1 aromatic heterocycles. The van der Waals surface area contributed by atoms with Gasteiger partial charge in [-0.05, 0) is 35.9 Å². The predicted molar refractivity (Wildman–Crippen MR) is 74.1 cm³/mol. The fourth-order valence-electron chi connectivity index (χ4n) is 1.28. The van der Waals surface area contributed by atoms with E-state index >= 15 is 0 Å². The van der Waals surface area contributed by atoms with Crippen molar-refractivity contribution in [2.24, 2.45) is 0 Å². The summed E-state index contributed by atoms with van der Waals surface area (Å²) in [5, 5.41) is 3.14. The molecule has 0 radical (unpaired) electrons. The summed E-state index contributed by atoms with van der Waals surface area (Å²) in [6.07, 6.45) is 1.46. The molecule has 0 saturated carbocycles. The van der Waals surface area contributed by atoms with E-state index in [0.717, 1.165) is 4.47 Å². The van der Waals surface area contributed by atoms with Crippen molar-refractivity contribution in [1.29, 1.82) is 0 Å². The van der Waals surface area contributed by atoms with Crippen LogP contribution in [0.3, 0.4) is 0 Å². The highest BCUT2D eigenvalue weighted by Gasteiger charge is 2.09. The fourth-order valence-corrected chi connectivity index (χ4v) is 2.29. The number of carbonyl (C=O) groups excluding carboxylic acids is 1. The largest absolute Gasteiger partial charge is 0.306 e. The zero-order valence-corrected chi connectivity index (χ0v) is 11.9. The highest BCUT2D eigenvalue weighted by molar-refractivity contribution is 9.10. The number of nitrogens with zero attached hydrogens (tertiary/aromatic N) is 2. The number of halogens is 3. The van der Waals surface area contributed by atoms with E-state index in [0.29, 0.717) is 16.4 Å². The van der Waals surface area contributed by atoms with E-state index in [-0.39, 0.29) is 11.2 Å². The minimum Gasteiger partial charge on any atom is -0.306 e. The molecule has 7 heteroatoms. The highest BCUT2D eigenvalue weighted by atomic mass is 79.9. The number of carbonyl (C=O) groups is 1. The van der Waals surface area contributed by atoms with E-state index in [4.69, 9.17) is 23.2 Å². The fraction of sp³-hybridized carbons (Fsp3) is 0. The molecule has 1 amide bonds. The van der Waals surface area contributed by atoms with Crippen molar-refractivity contribution >= 4 is 50.9 Å². The Hall–Kier alpha value is -1.17. The number of rotatable bonds is 2. The smallest absolute Gasteiger partial charge is 0.256 e. The molecule has 0 aliphatic rings. The van der Waals surface area contributed by atoms with Crippen LogP contribution in [0.25, 0.3) is 0 Å². The number of nitrogens with one attached hydrogen (secondary N) is 1. The Kier molecular flexibility index (Phi) is 4.16. The van der Waals surface area contributed by atoms with Crippen molar-refractivity contribution in [3.05, 3.63) is 50.8 Å². The number of anilines is 1. The molecule has 0 unspecified atom stereocenters. The summed E-state index contributed by atoms with van der Waals surface area (Å²) in [5.41, 5.74) is 0.420. The molecule has 2 aromatic rings. The van der Waals surface area contributed by atoms with Crippen molar-refractivity contribution in [3.8, 4) is 0 Å². The second kappa shape index (κ2) is 5.65.